The van der Waals surface area contributed by atoms with Gasteiger partial charge >= 0.3 is 0 Å². The molecule has 0 aromatic heterocycles. The maximum atomic E-state index is 12.3. The zero-order chi connectivity index (χ0) is 20.1. The van der Waals surface area contributed by atoms with E-state index in [1.165, 1.54) is 0 Å². The molecule has 0 fully saturated rings. The summed E-state index contributed by atoms with van der Waals surface area (Å²) in [6.07, 6.45) is 0. The Morgan fingerprint density at radius 2 is 1.75 bits per heavy atom. The van der Waals surface area contributed by atoms with Crippen molar-refractivity contribution in [2.24, 2.45) is 0 Å². The molecular weight excluding hydrogens is 382 g/mol. The summed E-state index contributed by atoms with van der Waals surface area (Å²) in [6, 6.07) is 12.3. The summed E-state index contributed by atoms with van der Waals surface area (Å²) in [5.41, 5.74) is 1.60. The molecule has 0 spiro atoms. The summed E-state index contributed by atoms with van der Waals surface area (Å²) < 4.78 is 10.7. The summed E-state index contributed by atoms with van der Waals surface area (Å²) in [7, 11) is 1.80. The van der Waals surface area contributed by atoms with Gasteiger partial charge in [-0.15, -0.1) is 0 Å². The van der Waals surface area contributed by atoms with Gasteiger partial charge < -0.3 is 25.0 Å². The SMILES string of the molecule is C[C@H](NC(=O)C[NH+](C)CC(=O)Nc1ccc(Cl)cc1)c1ccc2c(c1)OCO2. The predicted molar refractivity (Wildman–Crippen MR) is 106 cm³/mol. The largest absolute Gasteiger partial charge is 0.454 e. The highest BCUT2D eigenvalue weighted by atomic mass is 35.5. The minimum Gasteiger partial charge on any atom is -0.454 e. The first-order valence-corrected chi connectivity index (χ1v) is 9.34. The van der Waals surface area contributed by atoms with E-state index in [2.05, 4.69) is 10.6 Å². The smallest absolute Gasteiger partial charge is 0.279 e. The van der Waals surface area contributed by atoms with Crippen LogP contribution in [0.3, 0.4) is 0 Å². The van der Waals surface area contributed by atoms with E-state index in [-0.39, 0.29) is 37.7 Å². The number of quaternary nitrogens is 1. The second-order valence-corrected chi connectivity index (χ2v) is 7.20. The second kappa shape index (κ2) is 8.95. The van der Waals surface area contributed by atoms with Crippen LogP contribution in [0.15, 0.2) is 42.5 Å². The monoisotopic (exact) mass is 404 g/mol. The molecule has 1 aliphatic heterocycles. The van der Waals surface area contributed by atoms with Gasteiger partial charge in [0.05, 0.1) is 13.1 Å². The summed E-state index contributed by atoms with van der Waals surface area (Å²) >= 11 is 5.83. The van der Waals surface area contributed by atoms with Crippen molar-refractivity contribution in [2.75, 3.05) is 32.2 Å². The standard InChI is InChI=1S/C20H22ClN3O4/c1-13(14-3-8-17-18(9-14)28-12-27-17)22-19(25)10-24(2)11-20(26)23-16-6-4-15(21)5-7-16/h3-9,13H,10-12H2,1-2H3,(H,22,25)(H,23,26)/p+1/t13-/m0/s1. The molecule has 0 radical (unpaired) electrons. The summed E-state index contributed by atoms with van der Waals surface area (Å²) in [5.74, 6) is 1.08. The third kappa shape index (κ3) is 5.37. The van der Waals surface area contributed by atoms with Crippen LogP contribution in [0.5, 0.6) is 11.5 Å². The summed E-state index contributed by atoms with van der Waals surface area (Å²) in [4.78, 5) is 25.2. The Hall–Kier alpha value is -2.77. The Bertz CT molecular complexity index is 857. The van der Waals surface area contributed by atoms with Crippen LogP contribution in [-0.2, 0) is 9.59 Å². The van der Waals surface area contributed by atoms with Gasteiger partial charge in [-0.05, 0) is 48.9 Å². The number of nitrogens with one attached hydrogen (secondary N) is 3. The average molecular weight is 405 g/mol. The van der Waals surface area contributed by atoms with E-state index in [1.807, 2.05) is 25.1 Å². The van der Waals surface area contributed by atoms with Crippen molar-refractivity contribution in [2.45, 2.75) is 13.0 Å². The molecule has 3 N–H and O–H groups in total. The number of amides is 2. The Morgan fingerprint density at radius 3 is 2.50 bits per heavy atom. The normalized spacial score (nSPS) is 14.2. The summed E-state index contributed by atoms with van der Waals surface area (Å²) in [6.45, 7) is 2.47. The van der Waals surface area contributed by atoms with Crippen LogP contribution < -0.4 is 25.0 Å². The van der Waals surface area contributed by atoms with Gasteiger partial charge in [0.1, 0.15) is 0 Å². The molecule has 2 aromatic rings. The first-order valence-electron chi connectivity index (χ1n) is 8.96. The Balaban J connectivity index is 1.45. The van der Waals surface area contributed by atoms with E-state index in [9.17, 15) is 9.59 Å². The van der Waals surface area contributed by atoms with Crippen LogP contribution in [0, 0.1) is 0 Å². The number of carbonyl (C=O) groups is 2. The van der Waals surface area contributed by atoms with Crippen molar-refractivity contribution in [3.05, 3.63) is 53.1 Å². The zero-order valence-electron chi connectivity index (χ0n) is 15.8. The average Bonchev–Trinajstić information content (AvgIpc) is 3.10. The summed E-state index contributed by atoms with van der Waals surface area (Å²) in [5, 5.41) is 6.34. The van der Waals surface area contributed by atoms with Gasteiger partial charge in [0, 0.05) is 10.7 Å². The number of rotatable bonds is 7. The van der Waals surface area contributed by atoms with Crippen molar-refractivity contribution < 1.29 is 24.0 Å². The zero-order valence-corrected chi connectivity index (χ0v) is 16.5. The van der Waals surface area contributed by atoms with Crippen molar-refractivity contribution in [1.82, 2.24) is 5.32 Å². The van der Waals surface area contributed by atoms with Crippen LogP contribution in [0.1, 0.15) is 18.5 Å². The lowest BCUT2D eigenvalue weighted by atomic mass is 10.1. The Morgan fingerprint density at radius 1 is 1.07 bits per heavy atom. The fraction of sp³-hybridized carbons (Fsp3) is 0.300. The van der Waals surface area contributed by atoms with Crippen LogP contribution in [0.4, 0.5) is 5.69 Å². The van der Waals surface area contributed by atoms with Crippen molar-refractivity contribution >= 4 is 29.1 Å². The van der Waals surface area contributed by atoms with Gasteiger partial charge in [-0.3, -0.25) is 9.59 Å². The molecular formula is C20H23ClN3O4+. The number of halogens is 1. The van der Waals surface area contributed by atoms with Crippen LogP contribution >= 0.6 is 11.6 Å². The van der Waals surface area contributed by atoms with Gasteiger partial charge in [0.25, 0.3) is 11.8 Å². The van der Waals surface area contributed by atoms with Gasteiger partial charge in [-0.1, -0.05) is 17.7 Å². The maximum Gasteiger partial charge on any atom is 0.279 e. The molecule has 2 atom stereocenters. The topological polar surface area (TPSA) is 81.1 Å². The number of likely N-dealkylation sites (N-methyl/N-ethyl adjacent to an activating group) is 1. The molecule has 1 heterocycles. The Kier molecular flexibility index (Phi) is 6.38. The third-order valence-electron chi connectivity index (χ3n) is 4.33. The number of anilines is 1. The number of carbonyl (C=O) groups excluding carboxylic acids is 2. The van der Waals surface area contributed by atoms with Crippen LogP contribution in [0.25, 0.3) is 0 Å². The number of benzene rings is 2. The van der Waals surface area contributed by atoms with Crippen molar-refractivity contribution in [3.63, 3.8) is 0 Å². The fourth-order valence-electron chi connectivity index (χ4n) is 2.91. The molecule has 0 bridgehead atoms. The van der Waals surface area contributed by atoms with Crippen LogP contribution in [-0.4, -0.2) is 38.7 Å². The highest BCUT2D eigenvalue weighted by Gasteiger charge is 2.19. The molecule has 1 unspecified atom stereocenters. The lowest BCUT2D eigenvalue weighted by Gasteiger charge is -2.17. The minimum absolute atomic E-state index is 0.137. The van der Waals surface area contributed by atoms with E-state index in [0.29, 0.717) is 22.2 Å². The van der Waals surface area contributed by atoms with Gasteiger partial charge in [0.2, 0.25) is 6.79 Å². The van der Waals surface area contributed by atoms with Crippen molar-refractivity contribution in [3.8, 4) is 11.5 Å². The molecule has 2 amide bonds. The molecule has 8 heteroatoms. The van der Waals surface area contributed by atoms with E-state index < -0.39 is 0 Å². The quantitative estimate of drug-likeness (QED) is 0.651. The van der Waals surface area contributed by atoms with Gasteiger partial charge in [0.15, 0.2) is 24.6 Å². The molecule has 3 rings (SSSR count). The van der Waals surface area contributed by atoms with Gasteiger partial charge in [-0.2, -0.15) is 0 Å². The molecule has 0 saturated heterocycles. The highest BCUT2D eigenvalue weighted by molar-refractivity contribution is 6.30. The highest BCUT2D eigenvalue weighted by Crippen LogP contribution is 2.34. The molecule has 0 saturated carbocycles. The maximum absolute atomic E-state index is 12.3. The third-order valence-corrected chi connectivity index (χ3v) is 4.58. The van der Waals surface area contributed by atoms with E-state index in [4.69, 9.17) is 21.1 Å². The van der Waals surface area contributed by atoms with E-state index in [0.717, 1.165) is 10.5 Å². The van der Waals surface area contributed by atoms with Crippen LogP contribution in [0.2, 0.25) is 5.02 Å². The molecule has 1 aliphatic rings. The molecule has 7 nitrogen and oxygen atoms in total. The molecule has 2 aromatic carbocycles. The number of hydrogen-bond acceptors (Lipinski definition) is 4. The number of fused-ring (bicyclic) bond motifs is 1. The first-order chi connectivity index (χ1) is 13.4. The fourth-order valence-corrected chi connectivity index (χ4v) is 3.03. The predicted octanol–water partition coefficient (Wildman–Crippen LogP) is 1.40. The minimum atomic E-state index is -0.183. The molecule has 28 heavy (non-hydrogen) atoms. The lowest BCUT2D eigenvalue weighted by Crippen LogP contribution is -3.11. The molecule has 148 valence electrons. The Labute approximate surface area is 168 Å². The lowest BCUT2D eigenvalue weighted by molar-refractivity contribution is -0.862. The second-order valence-electron chi connectivity index (χ2n) is 6.77. The number of hydrogen-bond donors (Lipinski definition) is 3. The van der Waals surface area contributed by atoms with E-state index >= 15 is 0 Å². The molecule has 0 aliphatic carbocycles. The van der Waals surface area contributed by atoms with Gasteiger partial charge in [-0.25, -0.2) is 0 Å². The number of ether oxygens (including phenoxy) is 2. The van der Waals surface area contributed by atoms with Crippen molar-refractivity contribution in [1.29, 1.82) is 0 Å². The first kappa shape index (κ1) is 20.0. The van der Waals surface area contributed by atoms with E-state index in [1.54, 1.807) is 31.3 Å².